The van der Waals surface area contributed by atoms with Crippen LogP contribution in [-0.4, -0.2) is 12.1 Å². The van der Waals surface area contributed by atoms with Crippen molar-refractivity contribution in [3.63, 3.8) is 0 Å². The lowest BCUT2D eigenvalue weighted by Crippen LogP contribution is -2.13. The Morgan fingerprint density at radius 3 is 2.86 bits per heavy atom. The number of nitrogens with zero attached hydrogens (tertiary/aromatic N) is 1. The van der Waals surface area contributed by atoms with Crippen LogP contribution in [0.5, 0.6) is 5.75 Å². The largest absolute Gasteiger partial charge is 0.494 e. The Hall–Kier alpha value is -1.98. The Morgan fingerprint density at radius 2 is 2.10 bits per heavy atom. The summed E-state index contributed by atoms with van der Waals surface area (Å²) in [4.78, 5) is 4.57. The van der Waals surface area contributed by atoms with Crippen LogP contribution in [0.1, 0.15) is 16.6 Å². The number of rotatable bonds is 4. The molecule has 5 heteroatoms. The van der Waals surface area contributed by atoms with E-state index in [-0.39, 0.29) is 17.6 Å². The van der Waals surface area contributed by atoms with Crippen molar-refractivity contribution in [2.24, 2.45) is 5.73 Å². The van der Waals surface area contributed by atoms with Crippen molar-refractivity contribution in [1.29, 1.82) is 0 Å². The third-order valence-corrected chi connectivity index (χ3v) is 4.39. The monoisotopic (exact) mass is 302 g/mol. The van der Waals surface area contributed by atoms with Crippen LogP contribution < -0.4 is 10.5 Å². The van der Waals surface area contributed by atoms with E-state index in [2.05, 4.69) is 4.98 Å². The molecule has 0 fully saturated rings. The summed E-state index contributed by atoms with van der Waals surface area (Å²) in [5.74, 6) is -0.166. The van der Waals surface area contributed by atoms with E-state index in [0.29, 0.717) is 6.42 Å². The van der Waals surface area contributed by atoms with E-state index in [1.807, 2.05) is 24.3 Å². The van der Waals surface area contributed by atoms with Gasteiger partial charge in [0.25, 0.3) is 0 Å². The van der Waals surface area contributed by atoms with Crippen LogP contribution in [0.3, 0.4) is 0 Å². The van der Waals surface area contributed by atoms with Crippen molar-refractivity contribution in [2.45, 2.75) is 12.5 Å². The topological polar surface area (TPSA) is 48.1 Å². The molecule has 0 aliphatic heterocycles. The smallest absolute Gasteiger partial charge is 0.165 e. The molecule has 0 spiro atoms. The Balaban J connectivity index is 1.83. The minimum atomic E-state index is -0.381. The van der Waals surface area contributed by atoms with Gasteiger partial charge in [-0.15, -0.1) is 11.3 Å². The lowest BCUT2D eigenvalue weighted by atomic mass is 10.0. The molecular weight excluding hydrogens is 287 g/mol. The molecule has 1 aromatic heterocycles. The maximum absolute atomic E-state index is 13.4. The summed E-state index contributed by atoms with van der Waals surface area (Å²) in [6.07, 6.45) is 0.619. The van der Waals surface area contributed by atoms with Crippen LogP contribution in [-0.2, 0) is 6.42 Å². The average molecular weight is 302 g/mol. The Morgan fingerprint density at radius 1 is 1.29 bits per heavy atom. The molecule has 21 heavy (non-hydrogen) atoms. The van der Waals surface area contributed by atoms with Gasteiger partial charge in [-0.1, -0.05) is 18.2 Å². The third-order valence-electron chi connectivity index (χ3n) is 3.34. The zero-order chi connectivity index (χ0) is 14.8. The molecule has 0 bridgehead atoms. The van der Waals surface area contributed by atoms with Gasteiger partial charge in [-0.2, -0.15) is 0 Å². The van der Waals surface area contributed by atoms with Crippen molar-refractivity contribution >= 4 is 21.6 Å². The van der Waals surface area contributed by atoms with E-state index in [4.69, 9.17) is 10.5 Å². The molecule has 1 heterocycles. The molecule has 1 unspecified atom stereocenters. The summed E-state index contributed by atoms with van der Waals surface area (Å²) in [5.41, 5.74) is 8.04. The Labute approximate surface area is 126 Å². The zero-order valence-corrected chi connectivity index (χ0v) is 12.4. The van der Waals surface area contributed by atoms with Crippen molar-refractivity contribution in [3.05, 3.63) is 58.9 Å². The van der Waals surface area contributed by atoms with Crippen LogP contribution in [0.2, 0.25) is 0 Å². The number of halogens is 1. The Bertz CT molecular complexity index is 739. The van der Waals surface area contributed by atoms with E-state index in [1.165, 1.54) is 13.2 Å². The maximum Gasteiger partial charge on any atom is 0.165 e. The first-order chi connectivity index (χ1) is 10.2. The molecule has 3 aromatic rings. The van der Waals surface area contributed by atoms with E-state index >= 15 is 0 Å². The van der Waals surface area contributed by atoms with Gasteiger partial charge in [0, 0.05) is 12.5 Å². The van der Waals surface area contributed by atoms with E-state index in [1.54, 1.807) is 23.5 Å². The van der Waals surface area contributed by atoms with Crippen molar-refractivity contribution in [1.82, 2.24) is 4.98 Å². The van der Waals surface area contributed by atoms with Gasteiger partial charge in [0.05, 0.1) is 22.3 Å². The van der Waals surface area contributed by atoms with E-state index in [9.17, 15) is 4.39 Å². The zero-order valence-electron chi connectivity index (χ0n) is 11.5. The highest BCUT2D eigenvalue weighted by atomic mass is 32.1. The molecule has 1 atom stereocenters. The van der Waals surface area contributed by atoms with Gasteiger partial charge < -0.3 is 10.5 Å². The molecule has 0 amide bonds. The molecule has 0 radical (unpaired) electrons. The number of aromatic nitrogens is 1. The van der Waals surface area contributed by atoms with Gasteiger partial charge in [0.2, 0.25) is 0 Å². The van der Waals surface area contributed by atoms with E-state index < -0.39 is 0 Å². The molecule has 0 aliphatic carbocycles. The summed E-state index contributed by atoms with van der Waals surface area (Å²) in [5, 5.41) is 0.979. The fourth-order valence-corrected chi connectivity index (χ4v) is 3.25. The van der Waals surface area contributed by atoms with Crippen molar-refractivity contribution in [3.8, 4) is 5.75 Å². The number of thiazole rings is 1. The normalized spacial score (nSPS) is 12.5. The van der Waals surface area contributed by atoms with Gasteiger partial charge >= 0.3 is 0 Å². The first kappa shape index (κ1) is 14.0. The summed E-state index contributed by atoms with van der Waals surface area (Å²) in [7, 11) is 1.45. The second-order valence-electron chi connectivity index (χ2n) is 4.78. The number of benzene rings is 2. The second-order valence-corrected chi connectivity index (χ2v) is 5.90. The first-order valence-electron chi connectivity index (χ1n) is 6.61. The molecule has 2 N–H and O–H groups in total. The summed E-state index contributed by atoms with van der Waals surface area (Å²) < 4.78 is 19.6. The fourth-order valence-electron chi connectivity index (χ4n) is 2.22. The molecule has 108 valence electrons. The molecular formula is C16H15FN2OS. The number of nitrogens with two attached hydrogens (primary N) is 1. The second kappa shape index (κ2) is 5.79. The van der Waals surface area contributed by atoms with Crippen LogP contribution in [0, 0.1) is 5.82 Å². The number of para-hydroxylation sites is 1. The van der Waals surface area contributed by atoms with Crippen LogP contribution >= 0.6 is 11.3 Å². The number of hydrogen-bond acceptors (Lipinski definition) is 4. The fraction of sp³-hybridized carbons (Fsp3) is 0.188. The molecule has 3 nitrogen and oxygen atoms in total. The van der Waals surface area contributed by atoms with Crippen molar-refractivity contribution in [2.75, 3.05) is 7.11 Å². The van der Waals surface area contributed by atoms with Gasteiger partial charge in [0.15, 0.2) is 11.6 Å². The minimum absolute atomic E-state index is 0.215. The molecule has 0 aliphatic rings. The standard InChI is InChI=1S/C16H15FN2OS/c1-20-14-8-10(6-7-11(14)17)12(18)9-16-19-13-4-2-3-5-15(13)21-16/h2-8,12H,9,18H2,1H3. The third kappa shape index (κ3) is 2.89. The average Bonchev–Trinajstić information content (AvgIpc) is 2.89. The number of hydrogen-bond donors (Lipinski definition) is 1. The van der Waals surface area contributed by atoms with Crippen molar-refractivity contribution < 1.29 is 9.13 Å². The SMILES string of the molecule is COc1cc(C(N)Cc2nc3ccccc3s2)ccc1F. The first-order valence-corrected chi connectivity index (χ1v) is 7.42. The minimum Gasteiger partial charge on any atom is -0.494 e. The lowest BCUT2D eigenvalue weighted by Gasteiger charge is -2.12. The predicted molar refractivity (Wildman–Crippen MR) is 83.2 cm³/mol. The highest BCUT2D eigenvalue weighted by Gasteiger charge is 2.13. The summed E-state index contributed by atoms with van der Waals surface area (Å²) >= 11 is 1.64. The highest BCUT2D eigenvalue weighted by Crippen LogP contribution is 2.27. The molecule has 3 rings (SSSR count). The summed E-state index contributed by atoms with van der Waals surface area (Å²) in [6, 6.07) is 12.5. The van der Waals surface area contributed by atoms with Crippen LogP contribution in [0.4, 0.5) is 4.39 Å². The van der Waals surface area contributed by atoms with Crippen LogP contribution in [0.15, 0.2) is 42.5 Å². The van der Waals surface area contributed by atoms with Gasteiger partial charge in [-0.3, -0.25) is 0 Å². The number of methoxy groups -OCH3 is 1. The molecule has 0 saturated heterocycles. The molecule has 2 aromatic carbocycles. The lowest BCUT2D eigenvalue weighted by molar-refractivity contribution is 0.385. The van der Waals surface area contributed by atoms with E-state index in [0.717, 1.165) is 20.8 Å². The van der Waals surface area contributed by atoms with Gasteiger partial charge in [-0.25, -0.2) is 9.37 Å². The van der Waals surface area contributed by atoms with Crippen LogP contribution in [0.25, 0.3) is 10.2 Å². The van der Waals surface area contributed by atoms with Gasteiger partial charge in [0.1, 0.15) is 0 Å². The number of fused-ring (bicyclic) bond motifs is 1. The van der Waals surface area contributed by atoms with Gasteiger partial charge in [-0.05, 0) is 29.8 Å². The predicted octanol–water partition coefficient (Wildman–Crippen LogP) is 3.69. The number of ether oxygens (including phenoxy) is 1. The maximum atomic E-state index is 13.4. The molecule has 0 saturated carbocycles. The quantitative estimate of drug-likeness (QED) is 0.799. The summed E-state index contributed by atoms with van der Waals surface area (Å²) in [6.45, 7) is 0. The Kier molecular flexibility index (Phi) is 3.86. The highest BCUT2D eigenvalue weighted by molar-refractivity contribution is 7.18.